The first-order chi connectivity index (χ1) is 15.2. The molecule has 0 saturated carbocycles. The van der Waals surface area contributed by atoms with E-state index < -0.39 is 0 Å². The minimum atomic E-state index is -0.238. The number of nitrogens with zero attached hydrogens (tertiary/aromatic N) is 2. The highest BCUT2D eigenvalue weighted by atomic mass is 32.1. The first-order valence-corrected chi connectivity index (χ1v) is 12.3. The summed E-state index contributed by atoms with van der Waals surface area (Å²) in [5.74, 6) is 2.35. The third kappa shape index (κ3) is 8.40. The Morgan fingerprint density at radius 2 is 1.77 bits per heavy atom. The van der Waals surface area contributed by atoms with E-state index in [1.54, 1.807) is 11.1 Å². The Hall–Kier alpha value is -2.28. The fraction of sp³-hybridized carbons (Fsp3) is 0.583. The number of likely N-dealkylation sites (tertiary alicyclic amines) is 1. The van der Waals surface area contributed by atoms with Gasteiger partial charge in [0.25, 0.3) is 0 Å². The van der Waals surface area contributed by atoms with Crippen LogP contribution < -0.4 is 9.47 Å². The van der Waals surface area contributed by atoms with Crippen molar-refractivity contribution in [1.82, 2.24) is 9.88 Å². The highest BCUT2D eigenvalue weighted by Gasteiger charge is 2.23. The predicted octanol–water partition coefficient (Wildman–Crippen LogP) is 5.92. The number of hydrogen-bond acceptors (Lipinski definition) is 6. The van der Waals surface area contributed by atoms with Crippen molar-refractivity contribution in [1.29, 1.82) is 0 Å². The van der Waals surface area contributed by atoms with Gasteiger partial charge < -0.3 is 19.1 Å². The fourth-order valence-corrected chi connectivity index (χ4v) is 4.17. The summed E-state index contributed by atoms with van der Waals surface area (Å²) in [5.41, 5.74) is 0. The smallest absolute Gasteiger partial charge is 0.410 e. The number of amides is 1. The molecule has 0 N–H and O–H groups in total. The van der Waals surface area contributed by atoms with Gasteiger partial charge in [0.05, 0.1) is 13.2 Å². The largest absolute Gasteiger partial charge is 0.494 e. The number of unbranched alkanes of at least 4 members (excludes halogenated alkanes) is 3. The van der Waals surface area contributed by atoms with Crippen LogP contribution in [-0.2, 0) is 11.3 Å². The van der Waals surface area contributed by atoms with Crippen molar-refractivity contribution in [2.45, 2.75) is 58.5 Å². The van der Waals surface area contributed by atoms with E-state index in [2.05, 4.69) is 11.9 Å². The minimum Gasteiger partial charge on any atom is -0.494 e. The molecule has 2 aromatic rings. The molecule has 6 nitrogen and oxygen atoms in total. The van der Waals surface area contributed by atoms with Crippen LogP contribution in [0.4, 0.5) is 4.79 Å². The highest BCUT2D eigenvalue weighted by Crippen LogP contribution is 2.23. The maximum Gasteiger partial charge on any atom is 0.410 e. The molecular formula is C24H34N2O4S. The molecule has 170 valence electrons. The number of hydrogen-bond donors (Lipinski definition) is 0. The maximum absolute atomic E-state index is 12.2. The van der Waals surface area contributed by atoms with E-state index in [0.29, 0.717) is 12.5 Å². The molecule has 1 aromatic carbocycles. The van der Waals surface area contributed by atoms with Crippen molar-refractivity contribution < 1.29 is 19.0 Å². The van der Waals surface area contributed by atoms with Crippen molar-refractivity contribution in [3.63, 3.8) is 0 Å². The molecule has 1 fully saturated rings. The van der Waals surface area contributed by atoms with Crippen molar-refractivity contribution in [3.8, 4) is 11.5 Å². The number of benzene rings is 1. The summed E-state index contributed by atoms with van der Waals surface area (Å²) in [6.07, 6.45) is 9.30. The van der Waals surface area contributed by atoms with Crippen molar-refractivity contribution in [2.75, 3.05) is 26.3 Å². The van der Waals surface area contributed by atoms with Crippen LogP contribution in [-0.4, -0.2) is 42.3 Å². The Labute approximate surface area is 189 Å². The summed E-state index contributed by atoms with van der Waals surface area (Å²) < 4.78 is 17.0. The van der Waals surface area contributed by atoms with E-state index in [9.17, 15) is 4.79 Å². The Kier molecular flexibility index (Phi) is 9.96. The van der Waals surface area contributed by atoms with Gasteiger partial charge in [-0.25, -0.2) is 9.78 Å². The molecule has 0 radical (unpaired) electrons. The molecule has 1 aliphatic heterocycles. The van der Waals surface area contributed by atoms with E-state index in [4.69, 9.17) is 14.2 Å². The van der Waals surface area contributed by atoms with Crippen LogP contribution in [0.1, 0.15) is 56.9 Å². The summed E-state index contributed by atoms with van der Waals surface area (Å²) in [7, 11) is 0. The molecule has 0 atom stereocenters. The van der Waals surface area contributed by atoms with E-state index in [0.717, 1.165) is 61.9 Å². The topological polar surface area (TPSA) is 60.9 Å². The van der Waals surface area contributed by atoms with Gasteiger partial charge >= 0.3 is 6.09 Å². The van der Waals surface area contributed by atoms with Gasteiger partial charge in [0.1, 0.15) is 23.1 Å². The molecule has 1 amide bonds. The second kappa shape index (κ2) is 13.2. The van der Waals surface area contributed by atoms with Gasteiger partial charge in [-0.05, 0) is 55.9 Å². The molecule has 31 heavy (non-hydrogen) atoms. The lowest BCUT2D eigenvalue weighted by Crippen LogP contribution is -2.39. The van der Waals surface area contributed by atoms with Crippen LogP contribution in [0.2, 0.25) is 0 Å². The van der Waals surface area contributed by atoms with Gasteiger partial charge in [-0.1, -0.05) is 26.2 Å². The molecule has 0 unspecified atom stereocenters. The standard InChI is InChI=1S/C24H34N2O4S/c1-2-3-4-5-16-28-21-6-8-22(9-7-21)29-17-12-20-10-14-26(15-11-20)24(27)30-19-23-25-13-18-31-23/h6-9,13,18,20H,2-5,10-12,14-17,19H2,1H3. The lowest BCUT2D eigenvalue weighted by atomic mass is 9.94. The third-order valence-corrected chi connectivity index (χ3v) is 6.31. The normalized spacial score (nSPS) is 14.4. The second-order valence-electron chi connectivity index (χ2n) is 7.93. The summed E-state index contributed by atoms with van der Waals surface area (Å²) in [5, 5.41) is 2.71. The SMILES string of the molecule is CCCCCCOc1ccc(OCCC2CCN(C(=O)OCc3nccs3)CC2)cc1. The van der Waals surface area contributed by atoms with Gasteiger partial charge in [0.15, 0.2) is 0 Å². The van der Waals surface area contributed by atoms with E-state index in [-0.39, 0.29) is 12.7 Å². The zero-order valence-electron chi connectivity index (χ0n) is 18.5. The van der Waals surface area contributed by atoms with Crippen molar-refractivity contribution in [2.24, 2.45) is 5.92 Å². The van der Waals surface area contributed by atoms with E-state index in [1.807, 2.05) is 29.6 Å². The van der Waals surface area contributed by atoms with Gasteiger partial charge in [-0.15, -0.1) is 11.3 Å². The zero-order chi connectivity index (χ0) is 21.7. The first kappa shape index (κ1) is 23.4. The third-order valence-electron chi connectivity index (χ3n) is 5.56. The highest BCUT2D eigenvalue weighted by molar-refractivity contribution is 7.09. The van der Waals surface area contributed by atoms with Gasteiger partial charge in [0, 0.05) is 24.7 Å². The van der Waals surface area contributed by atoms with E-state index in [1.165, 1.54) is 30.6 Å². The Morgan fingerprint density at radius 3 is 2.42 bits per heavy atom. The van der Waals surface area contributed by atoms with Gasteiger partial charge in [0.2, 0.25) is 0 Å². The lowest BCUT2D eigenvalue weighted by Gasteiger charge is -2.31. The van der Waals surface area contributed by atoms with Gasteiger partial charge in [-0.2, -0.15) is 0 Å². The van der Waals surface area contributed by atoms with E-state index >= 15 is 0 Å². The summed E-state index contributed by atoms with van der Waals surface area (Å²) in [6.45, 7) is 5.42. The van der Waals surface area contributed by atoms with Crippen LogP contribution in [0.3, 0.4) is 0 Å². The Bertz CT molecular complexity index is 743. The van der Waals surface area contributed by atoms with Crippen LogP contribution in [0.25, 0.3) is 0 Å². The molecule has 0 bridgehead atoms. The molecule has 1 aliphatic rings. The molecule has 0 spiro atoms. The number of ether oxygens (including phenoxy) is 3. The number of aromatic nitrogens is 1. The van der Waals surface area contributed by atoms with Crippen LogP contribution in [0, 0.1) is 5.92 Å². The first-order valence-electron chi connectivity index (χ1n) is 11.4. The maximum atomic E-state index is 12.2. The molecule has 0 aliphatic carbocycles. The molecule has 7 heteroatoms. The molecular weight excluding hydrogens is 412 g/mol. The van der Waals surface area contributed by atoms with Crippen LogP contribution in [0.15, 0.2) is 35.8 Å². The second-order valence-corrected chi connectivity index (χ2v) is 8.91. The number of carbonyl (C=O) groups excluding carboxylic acids is 1. The van der Waals surface area contributed by atoms with Crippen LogP contribution in [0.5, 0.6) is 11.5 Å². The average Bonchev–Trinajstić information content (AvgIpc) is 3.32. The summed E-state index contributed by atoms with van der Waals surface area (Å²) in [4.78, 5) is 18.1. The molecule has 2 heterocycles. The van der Waals surface area contributed by atoms with Gasteiger partial charge in [-0.3, -0.25) is 0 Å². The lowest BCUT2D eigenvalue weighted by molar-refractivity contribution is 0.0799. The average molecular weight is 447 g/mol. The molecule has 3 rings (SSSR count). The quantitative estimate of drug-likeness (QED) is 0.379. The molecule has 1 saturated heterocycles. The monoisotopic (exact) mass is 446 g/mol. The predicted molar refractivity (Wildman–Crippen MR) is 123 cm³/mol. The number of rotatable bonds is 12. The van der Waals surface area contributed by atoms with Crippen molar-refractivity contribution >= 4 is 17.4 Å². The Balaban J connectivity index is 1.26. The number of thiazole rings is 1. The minimum absolute atomic E-state index is 0.238. The number of carbonyl (C=O) groups is 1. The van der Waals surface area contributed by atoms with Crippen LogP contribution >= 0.6 is 11.3 Å². The summed E-state index contributed by atoms with van der Waals surface area (Å²) >= 11 is 1.50. The Morgan fingerprint density at radius 1 is 1.06 bits per heavy atom. The zero-order valence-corrected chi connectivity index (χ0v) is 19.3. The number of piperidine rings is 1. The summed E-state index contributed by atoms with van der Waals surface area (Å²) in [6, 6.07) is 7.90. The molecule has 1 aromatic heterocycles. The van der Waals surface area contributed by atoms with Crippen molar-refractivity contribution in [3.05, 3.63) is 40.8 Å². The fourth-order valence-electron chi connectivity index (χ4n) is 3.64.